The van der Waals surface area contributed by atoms with Crippen LogP contribution < -0.4 is 14.4 Å². The van der Waals surface area contributed by atoms with Gasteiger partial charge in [-0.05, 0) is 48.9 Å². The number of sulfonamides is 1. The van der Waals surface area contributed by atoms with Gasteiger partial charge in [-0.1, -0.05) is 24.6 Å². The Kier molecular flexibility index (Phi) is 7.58. The summed E-state index contributed by atoms with van der Waals surface area (Å²) in [4.78, 5) is 16.6. The summed E-state index contributed by atoms with van der Waals surface area (Å²) >= 11 is 6.06. The number of hydrogen-bond donors (Lipinski definition) is 1. The molecule has 1 fully saturated rings. The number of halogens is 1. The minimum absolute atomic E-state index is 0.0860. The predicted molar refractivity (Wildman–Crippen MR) is 118 cm³/mol. The molecule has 0 atom stereocenters. The van der Waals surface area contributed by atoms with Crippen LogP contribution in [0.1, 0.15) is 13.3 Å². The second-order valence-corrected chi connectivity index (χ2v) is 9.21. The van der Waals surface area contributed by atoms with E-state index in [0.29, 0.717) is 30.4 Å². The van der Waals surface area contributed by atoms with Crippen LogP contribution in [0.2, 0.25) is 5.02 Å². The molecule has 7 nitrogen and oxygen atoms in total. The van der Waals surface area contributed by atoms with E-state index in [2.05, 4.69) is 9.62 Å². The van der Waals surface area contributed by atoms with Gasteiger partial charge in [0, 0.05) is 43.4 Å². The van der Waals surface area contributed by atoms with Crippen LogP contribution in [0.5, 0.6) is 5.75 Å². The summed E-state index contributed by atoms with van der Waals surface area (Å²) in [6, 6.07) is 13.8. The van der Waals surface area contributed by atoms with Crippen LogP contribution in [0.25, 0.3) is 0 Å². The fourth-order valence-corrected chi connectivity index (χ4v) is 4.48. The Hall–Kier alpha value is -2.29. The summed E-state index contributed by atoms with van der Waals surface area (Å²) in [5, 5.41) is 0.694. The van der Waals surface area contributed by atoms with Gasteiger partial charge >= 0.3 is 0 Å². The summed E-state index contributed by atoms with van der Waals surface area (Å²) in [6.07, 6.45) is 0.718. The van der Waals surface area contributed by atoms with Gasteiger partial charge in [0.25, 0.3) is 5.91 Å². The first-order valence-electron chi connectivity index (χ1n) is 9.90. The van der Waals surface area contributed by atoms with Gasteiger partial charge < -0.3 is 14.5 Å². The smallest absolute Gasteiger partial charge is 0.260 e. The quantitative estimate of drug-likeness (QED) is 0.667. The maximum absolute atomic E-state index is 12.5. The zero-order chi connectivity index (χ0) is 21.6. The number of piperazine rings is 1. The Morgan fingerprint density at radius 3 is 2.43 bits per heavy atom. The lowest BCUT2D eigenvalue weighted by Crippen LogP contribution is -2.50. The number of ether oxygens (including phenoxy) is 1. The molecular weight excluding hydrogens is 426 g/mol. The fourth-order valence-electron chi connectivity index (χ4n) is 3.16. The van der Waals surface area contributed by atoms with Crippen LogP contribution in [-0.4, -0.2) is 58.6 Å². The van der Waals surface area contributed by atoms with E-state index in [1.54, 1.807) is 17.0 Å². The van der Waals surface area contributed by atoms with E-state index in [0.717, 1.165) is 25.2 Å². The molecule has 0 bridgehead atoms. The third-order valence-electron chi connectivity index (χ3n) is 4.84. The van der Waals surface area contributed by atoms with Gasteiger partial charge in [-0.15, -0.1) is 0 Å². The highest BCUT2D eigenvalue weighted by Crippen LogP contribution is 2.21. The Labute approximate surface area is 182 Å². The standard InChI is InChI=1S/C21H26ClN3O4S/c1-2-10-23-30(27,28)20-8-6-19(7-9-20)29-16-21(26)25-13-11-24(12-14-25)18-5-3-4-17(22)15-18/h3-9,15,23H,2,10-14,16H2,1H3. The molecule has 0 radical (unpaired) electrons. The van der Waals surface area contributed by atoms with Crippen molar-refractivity contribution < 1.29 is 17.9 Å². The van der Waals surface area contributed by atoms with Crippen LogP contribution in [0.3, 0.4) is 0 Å². The van der Waals surface area contributed by atoms with Crippen LogP contribution in [0.4, 0.5) is 5.69 Å². The lowest BCUT2D eigenvalue weighted by molar-refractivity contribution is -0.133. The number of carbonyl (C=O) groups excluding carboxylic acids is 1. The van der Waals surface area contributed by atoms with Gasteiger partial charge in [0.15, 0.2) is 6.61 Å². The molecule has 162 valence electrons. The second kappa shape index (κ2) is 10.1. The second-order valence-electron chi connectivity index (χ2n) is 7.01. The molecule has 1 N–H and O–H groups in total. The number of nitrogens with one attached hydrogen (secondary N) is 1. The van der Waals surface area contributed by atoms with Crippen molar-refractivity contribution in [2.45, 2.75) is 18.2 Å². The summed E-state index contributed by atoms with van der Waals surface area (Å²) in [5.41, 5.74) is 1.05. The lowest BCUT2D eigenvalue weighted by Gasteiger charge is -2.36. The van der Waals surface area contributed by atoms with Gasteiger partial charge in [-0.3, -0.25) is 4.79 Å². The Morgan fingerprint density at radius 2 is 1.80 bits per heavy atom. The number of benzene rings is 2. The minimum Gasteiger partial charge on any atom is -0.484 e. The average Bonchev–Trinajstić information content (AvgIpc) is 2.76. The Bertz CT molecular complexity index is 958. The van der Waals surface area contributed by atoms with Crippen molar-refractivity contribution in [1.82, 2.24) is 9.62 Å². The molecule has 0 unspecified atom stereocenters. The maximum atomic E-state index is 12.5. The SMILES string of the molecule is CCCNS(=O)(=O)c1ccc(OCC(=O)N2CCN(c3cccc(Cl)c3)CC2)cc1. The number of amides is 1. The first-order chi connectivity index (χ1) is 14.4. The Morgan fingerprint density at radius 1 is 1.10 bits per heavy atom. The van der Waals surface area contributed by atoms with E-state index in [4.69, 9.17) is 16.3 Å². The number of anilines is 1. The van der Waals surface area contributed by atoms with Gasteiger partial charge in [0.1, 0.15) is 5.75 Å². The van der Waals surface area contributed by atoms with Crippen molar-refractivity contribution in [3.63, 3.8) is 0 Å². The number of nitrogens with zero attached hydrogens (tertiary/aromatic N) is 2. The molecule has 1 aliphatic heterocycles. The van der Waals surface area contributed by atoms with Crippen LogP contribution in [0.15, 0.2) is 53.4 Å². The zero-order valence-corrected chi connectivity index (χ0v) is 18.5. The highest BCUT2D eigenvalue weighted by molar-refractivity contribution is 7.89. The van der Waals surface area contributed by atoms with Gasteiger partial charge in [-0.25, -0.2) is 13.1 Å². The molecule has 0 spiro atoms. The third-order valence-corrected chi connectivity index (χ3v) is 6.56. The summed E-state index contributed by atoms with van der Waals surface area (Å²) in [5.74, 6) is 0.359. The predicted octanol–water partition coefficient (Wildman–Crippen LogP) is 2.76. The average molecular weight is 452 g/mol. The molecule has 1 aliphatic rings. The molecule has 0 saturated carbocycles. The van der Waals surface area contributed by atoms with E-state index in [-0.39, 0.29) is 17.4 Å². The monoisotopic (exact) mass is 451 g/mol. The van der Waals surface area contributed by atoms with Crippen molar-refractivity contribution in [2.24, 2.45) is 0 Å². The normalized spacial score (nSPS) is 14.6. The van der Waals surface area contributed by atoms with Crippen molar-refractivity contribution in [3.8, 4) is 5.75 Å². The van der Waals surface area contributed by atoms with E-state index in [1.807, 2.05) is 31.2 Å². The minimum atomic E-state index is -3.51. The van der Waals surface area contributed by atoms with Crippen molar-refractivity contribution in [2.75, 3.05) is 44.2 Å². The first kappa shape index (κ1) is 22.4. The summed E-state index contributed by atoms with van der Waals surface area (Å²) in [7, 11) is -3.51. The number of hydrogen-bond acceptors (Lipinski definition) is 5. The van der Waals surface area contributed by atoms with E-state index < -0.39 is 10.0 Å². The maximum Gasteiger partial charge on any atom is 0.260 e. The van der Waals surface area contributed by atoms with E-state index in [1.165, 1.54) is 12.1 Å². The highest BCUT2D eigenvalue weighted by Gasteiger charge is 2.22. The molecule has 1 amide bonds. The third kappa shape index (κ3) is 5.87. The summed E-state index contributed by atoms with van der Waals surface area (Å²) in [6.45, 7) is 4.86. The first-order valence-corrected chi connectivity index (χ1v) is 11.8. The van der Waals surface area contributed by atoms with Crippen LogP contribution >= 0.6 is 11.6 Å². The molecule has 2 aromatic rings. The Balaban J connectivity index is 1.48. The van der Waals surface area contributed by atoms with Crippen molar-refractivity contribution in [3.05, 3.63) is 53.6 Å². The molecular formula is C21H26ClN3O4S. The van der Waals surface area contributed by atoms with E-state index >= 15 is 0 Å². The number of carbonyl (C=O) groups is 1. The van der Waals surface area contributed by atoms with Crippen LogP contribution in [0, 0.1) is 0 Å². The van der Waals surface area contributed by atoms with Gasteiger partial charge in [0.2, 0.25) is 10.0 Å². The highest BCUT2D eigenvalue weighted by atomic mass is 35.5. The molecule has 1 heterocycles. The molecule has 30 heavy (non-hydrogen) atoms. The van der Waals surface area contributed by atoms with Crippen LogP contribution in [-0.2, 0) is 14.8 Å². The van der Waals surface area contributed by atoms with Gasteiger partial charge in [0.05, 0.1) is 4.90 Å². The molecule has 0 aliphatic carbocycles. The van der Waals surface area contributed by atoms with E-state index in [9.17, 15) is 13.2 Å². The molecule has 2 aromatic carbocycles. The molecule has 0 aromatic heterocycles. The van der Waals surface area contributed by atoms with Crippen molar-refractivity contribution >= 4 is 33.2 Å². The summed E-state index contributed by atoms with van der Waals surface area (Å²) < 4.78 is 32.3. The molecule has 1 saturated heterocycles. The van der Waals surface area contributed by atoms with Crippen molar-refractivity contribution in [1.29, 1.82) is 0 Å². The largest absolute Gasteiger partial charge is 0.484 e. The lowest BCUT2D eigenvalue weighted by atomic mass is 10.2. The number of rotatable bonds is 8. The van der Waals surface area contributed by atoms with Gasteiger partial charge in [-0.2, -0.15) is 0 Å². The fraction of sp³-hybridized carbons (Fsp3) is 0.381. The molecule has 3 rings (SSSR count). The zero-order valence-electron chi connectivity index (χ0n) is 16.9. The molecule has 9 heteroatoms. The topological polar surface area (TPSA) is 78.9 Å².